The van der Waals surface area contributed by atoms with Crippen molar-refractivity contribution < 1.29 is 18.8 Å². The summed E-state index contributed by atoms with van der Waals surface area (Å²) in [5, 5.41) is 1.58. The Hall–Kier alpha value is -2.90. The van der Waals surface area contributed by atoms with Crippen molar-refractivity contribution in [2.24, 2.45) is 0 Å². The van der Waals surface area contributed by atoms with Gasteiger partial charge in [0.2, 0.25) is 0 Å². The van der Waals surface area contributed by atoms with Crippen molar-refractivity contribution in [1.29, 1.82) is 0 Å². The molecule has 1 N–H and O–H groups in total. The van der Waals surface area contributed by atoms with Crippen LogP contribution in [0.5, 0.6) is 5.75 Å². The number of anilines is 1. The number of fused-ring (bicyclic) bond motifs is 2. The van der Waals surface area contributed by atoms with Crippen LogP contribution in [0.15, 0.2) is 52.9 Å². The number of nitrogens with one attached hydrogen (secondary N) is 1. The van der Waals surface area contributed by atoms with Crippen molar-refractivity contribution in [3.63, 3.8) is 0 Å². The van der Waals surface area contributed by atoms with Crippen LogP contribution in [0, 0.1) is 0 Å². The molecule has 0 aliphatic carbocycles. The van der Waals surface area contributed by atoms with E-state index in [0.717, 1.165) is 27.9 Å². The van der Waals surface area contributed by atoms with Crippen LogP contribution in [0.2, 0.25) is 0 Å². The van der Waals surface area contributed by atoms with Crippen LogP contribution in [0.4, 0.5) is 5.13 Å². The molecule has 144 valence electrons. The van der Waals surface area contributed by atoms with E-state index in [4.69, 9.17) is 9.15 Å². The minimum absolute atomic E-state index is 0.177. The molecule has 0 saturated heterocycles. The molecular formula is C21H22N3O3S+. The number of ether oxygens (including phenoxy) is 1. The molecule has 0 unspecified atom stereocenters. The van der Waals surface area contributed by atoms with E-state index in [2.05, 4.69) is 19.1 Å². The first kappa shape index (κ1) is 18.5. The molecule has 2 aromatic heterocycles. The number of quaternary nitrogens is 1. The quantitative estimate of drug-likeness (QED) is 0.545. The number of amides is 1. The van der Waals surface area contributed by atoms with E-state index in [1.165, 1.54) is 16.2 Å². The van der Waals surface area contributed by atoms with Gasteiger partial charge in [0.15, 0.2) is 10.9 Å². The van der Waals surface area contributed by atoms with E-state index in [1.54, 1.807) is 18.1 Å². The molecule has 6 nitrogen and oxygen atoms in total. The van der Waals surface area contributed by atoms with Crippen LogP contribution in [0.3, 0.4) is 0 Å². The van der Waals surface area contributed by atoms with Gasteiger partial charge in [-0.25, -0.2) is 4.98 Å². The van der Waals surface area contributed by atoms with Crippen molar-refractivity contribution in [2.45, 2.75) is 0 Å². The first-order chi connectivity index (χ1) is 13.5. The number of para-hydroxylation sites is 1. The highest BCUT2D eigenvalue weighted by Crippen LogP contribution is 2.32. The molecule has 4 aromatic rings. The lowest BCUT2D eigenvalue weighted by molar-refractivity contribution is -0.856. The van der Waals surface area contributed by atoms with Crippen molar-refractivity contribution in [3.05, 3.63) is 54.3 Å². The lowest BCUT2D eigenvalue weighted by Gasteiger charge is -2.19. The molecule has 0 spiro atoms. The molecule has 7 heteroatoms. The van der Waals surface area contributed by atoms with Gasteiger partial charge in [0, 0.05) is 5.39 Å². The van der Waals surface area contributed by atoms with Crippen LogP contribution in [0.1, 0.15) is 10.6 Å². The third-order valence-electron chi connectivity index (χ3n) is 4.53. The number of methoxy groups -OCH3 is 1. The number of aromatic nitrogens is 1. The van der Waals surface area contributed by atoms with E-state index in [0.29, 0.717) is 23.0 Å². The Labute approximate surface area is 166 Å². The molecule has 4 rings (SSSR count). The fourth-order valence-electron chi connectivity index (χ4n) is 2.97. The number of likely N-dealkylation sites (N-methyl/N-ethyl adjacent to an activating group) is 1. The fourth-order valence-corrected chi connectivity index (χ4v) is 3.99. The summed E-state index contributed by atoms with van der Waals surface area (Å²) in [6.07, 6.45) is 0. The summed E-state index contributed by atoms with van der Waals surface area (Å²) in [7, 11) is 5.76. The molecule has 0 fully saturated rings. The van der Waals surface area contributed by atoms with Gasteiger partial charge in [-0.1, -0.05) is 29.5 Å². The predicted octanol–water partition coefficient (Wildman–Crippen LogP) is 2.84. The maximum absolute atomic E-state index is 13.3. The van der Waals surface area contributed by atoms with Gasteiger partial charge in [-0.3, -0.25) is 9.69 Å². The Balaban J connectivity index is 1.72. The maximum atomic E-state index is 13.3. The molecule has 28 heavy (non-hydrogen) atoms. The Kier molecular flexibility index (Phi) is 5.02. The highest BCUT2D eigenvalue weighted by Gasteiger charge is 2.25. The van der Waals surface area contributed by atoms with Crippen LogP contribution >= 0.6 is 11.3 Å². The summed E-state index contributed by atoms with van der Waals surface area (Å²) < 4.78 is 12.1. The lowest BCUT2D eigenvalue weighted by Crippen LogP contribution is -3.06. The first-order valence-electron chi connectivity index (χ1n) is 9.09. The zero-order valence-corrected chi connectivity index (χ0v) is 16.9. The Bertz CT molecular complexity index is 1100. The summed E-state index contributed by atoms with van der Waals surface area (Å²) in [5.41, 5.74) is 1.55. The number of nitrogens with zero attached hydrogens (tertiary/aromatic N) is 2. The molecule has 0 aliphatic heterocycles. The van der Waals surface area contributed by atoms with Crippen molar-refractivity contribution in [1.82, 2.24) is 4.98 Å². The van der Waals surface area contributed by atoms with Crippen LogP contribution in [0.25, 0.3) is 21.2 Å². The predicted molar refractivity (Wildman–Crippen MR) is 112 cm³/mol. The topological polar surface area (TPSA) is 60.0 Å². The van der Waals surface area contributed by atoms with Crippen molar-refractivity contribution in [2.75, 3.05) is 39.2 Å². The number of furan rings is 1. The number of hydrogen-bond donors (Lipinski definition) is 1. The molecule has 2 aromatic carbocycles. The molecule has 0 aliphatic rings. The van der Waals surface area contributed by atoms with Crippen LogP contribution in [-0.2, 0) is 0 Å². The monoisotopic (exact) mass is 396 g/mol. The summed E-state index contributed by atoms with van der Waals surface area (Å²) in [6.45, 7) is 1.35. The van der Waals surface area contributed by atoms with Crippen LogP contribution in [-0.4, -0.2) is 45.2 Å². The molecule has 2 heterocycles. The maximum Gasteiger partial charge on any atom is 0.296 e. The Morgan fingerprint density at radius 1 is 1.21 bits per heavy atom. The van der Waals surface area contributed by atoms with E-state index in [-0.39, 0.29) is 5.91 Å². The van der Waals surface area contributed by atoms with Gasteiger partial charge >= 0.3 is 0 Å². The Morgan fingerprint density at radius 3 is 2.79 bits per heavy atom. The molecule has 0 bridgehead atoms. The number of rotatable bonds is 6. The van der Waals surface area contributed by atoms with Gasteiger partial charge in [0.05, 0.1) is 44.5 Å². The molecule has 0 atom stereocenters. The minimum Gasteiger partial charge on any atom is -0.497 e. The van der Waals surface area contributed by atoms with Gasteiger partial charge in [-0.05, 0) is 30.3 Å². The average molecular weight is 396 g/mol. The zero-order valence-electron chi connectivity index (χ0n) is 16.1. The fraction of sp³-hybridized carbons (Fsp3) is 0.238. The van der Waals surface area contributed by atoms with Gasteiger partial charge in [-0.15, -0.1) is 0 Å². The summed E-state index contributed by atoms with van der Waals surface area (Å²) in [5.74, 6) is 0.922. The number of hydrogen-bond acceptors (Lipinski definition) is 5. The van der Waals surface area contributed by atoms with E-state index in [9.17, 15) is 4.79 Å². The standard InChI is InChI=1S/C21H21N3O3S/c1-23(2)10-11-24(20(25)18-12-14-6-4-5-7-17(14)27-18)21-22-16-9-8-15(26-3)13-19(16)28-21/h4-9,12-13H,10-11H2,1-3H3/p+1. The highest BCUT2D eigenvalue weighted by molar-refractivity contribution is 7.22. The highest BCUT2D eigenvalue weighted by atomic mass is 32.1. The summed E-state index contributed by atoms with van der Waals surface area (Å²) in [4.78, 5) is 20.9. The van der Waals surface area contributed by atoms with E-state index >= 15 is 0 Å². The lowest BCUT2D eigenvalue weighted by atomic mass is 10.2. The second-order valence-corrected chi connectivity index (χ2v) is 7.90. The van der Waals surface area contributed by atoms with Gasteiger partial charge in [0.1, 0.15) is 11.3 Å². The van der Waals surface area contributed by atoms with Gasteiger partial charge in [-0.2, -0.15) is 0 Å². The largest absolute Gasteiger partial charge is 0.497 e. The molecule has 0 radical (unpaired) electrons. The smallest absolute Gasteiger partial charge is 0.296 e. The number of thiazole rings is 1. The van der Waals surface area contributed by atoms with Crippen molar-refractivity contribution in [3.8, 4) is 5.75 Å². The second-order valence-electron chi connectivity index (χ2n) is 6.89. The zero-order chi connectivity index (χ0) is 19.7. The van der Waals surface area contributed by atoms with Gasteiger partial charge in [0.25, 0.3) is 5.91 Å². The SMILES string of the molecule is COc1ccc2nc(N(CC[NH+](C)C)C(=O)c3cc4ccccc4o3)sc2c1. The number of benzene rings is 2. The molecular weight excluding hydrogens is 374 g/mol. The van der Waals surface area contributed by atoms with E-state index < -0.39 is 0 Å². The van der Waals surface area contributed by atoms with Crippen molar-refractivity contribution >= 4 is 43.6 Å². The average Bonchev–Trinajstić information content (AvgIpc) is 3.31. The summed E-state index contributed by atoms with van der Waals surface area (Å²) in [6, 6.07) is 15.2. The number of carbonyl (C=O) groups is 1. The molecule has 0 saturated carbocycles. The van der Waals surface area contributed by atoms with Crippen LogP contribution < -0.4 is 14.5 Å². The first-order valence-corrected chi connectivity index (χ1v) is 9.91. The second kappa shape index (κ2) is 7.61. The molecule has 1 amide bonds. The third kappa shape index (κ3) is 3.58. The Morgan fingerprint density at radius 2 is 2.04 bits per heavy atom. The summed E-state index contributed by atoms with van der Waals surface area (Å²) >= 11 is 1.48. The van der Waals surface area contributed by atoms with Gasteiger partial charge < -0.3 is 14.1 Å². The van der Waals surface area contributed by atoms with E-state index in [1.807, 2.05) is 42.5 Å². The minimum atomic E-state index is -0.177. The normalized spacial score (nSPS) is 11.4. The third-order valence-corrected chi connectivity index (χ3v) is 5.57. The number of carbonyl (C=O) groups excluding carboxylic acids is 1.